The normalized spacial score (nSPS) is 17.4. The Labute approximate surface area is 193 Å². The molecule has 168 valence electrons. The lowest BCUT2D eigenvalue weighted by atomic mass is 9.95. The molecule has 0 spiro atoms. The number of unbranched alkanes of at least 4 members (excludes halogenated alkanes) is 1. The topological polar surface area (TPSA) is 66.8 Å². The van der Waals surface area contributed by atoms with Gasteiger partial charge in [0.25, 0.3) is 11.7 Å². The number of carbonyl (C=O) groups excluding carboxylic acids is 2. The van der Waals surface area contributed by atoms with Crippen LogP contribution >= 0.6 is 0 Å². The van der Waals surface area contributed by atoms with Crippen molar-refractivity contribution in [3.05, 3.63) is 107 Å². The fraction of sp³-hybridized carbons (Fsp3) is 0.214. The van der Waals surface area contributed by atoms with Gasteiger partial charge >= 0.3 is 0 Å². The molecule has 1 atom stereocenters. The van der Waals surface area contributed by atoms with Gasteiger partial charge < -0.3 is 14.7 Å². The van der Waals surface area contributed by atoms with Crippen LogP contribution in [-0.2, 0) is 16.1 Å². The van der Waals surface area contributed by atoms with Gasteiger partial charge in [-0.15, -0.1) is 0 Å². The van der Waals surface area contributed by atoms with Gasteiger partial charge in [0.2, 0.25) is 0 Å². The van der Waals surface area contributed by atoms with Crippen molar-refractivity contribution in [1.82, 2.24) is 4.90 Å². The zero-order valence-electron chi connectivity index (χ0n) is 18.6. The number of rotatable bonds is 8. The van der Waals surface area contributed by atoms with Crippen LogP contribution in [-0.4, -0.2) is 28.3 Å². The highest BCUT2D eigenvalue weighted by Gasteiger charge is 2.46. The third kappa shape index (κ3) is 4.82. The summed E-state index contributed by atoms with van der Waals surface area (Å²) in [6, 6.07) is 25.2. The molecule has 0 bridgehead atoms. The second-order valence-corrected chi connectivity index (χ2v) is 8.05. The summed E-state index contributed by atoms with van der Waals surface area (Å²) in [6.45, 7) is 2.93. The summed E-state index contributed by atoms with van der Waals surface area (Å²) in [5.41, 5.74) is 2.21. The third-order valence-electron chi connectivity index (χ3n) is 5.73. The number of benzene rings is 3. The first kappa shape index (κ1) is 22.3. The van der Waals surface area contributed by atoms with Crippen molar-refractivity contribution in [1.29, 1.82) is 0 Å². The van der Waals surface area contributed by atoms with Crippen LogP contribution in [0.25, 0.3) is 5.76 Å². The average molecular weight is 442 g/mol. The van der Waals surface area contributed by atoms with E-state index in [-0.39, 0.29) is 17.9 Å². The van der Waals surface area contributed by atoms with Gasteiger partial charge in [-0.05, 0) is 29.7 Å². The number of hydrogen-bond acceptors (Lipinski definition) is 4. The minimum absolute atomic E-state index is 0.0906. The van der Waals surface area contributed by atoms with Gasteiger partial charge in [-0.2, -0.15) is 0 Å². The molecule has 1 saturated heterocycles. The molecular formula is C28H27NO4. The summed E-state index contributed by atoms with van der Waals surface area (Å²) in [4.78, 5) is 27.8. The van der Waals surface area contributed by atoms with Crippen molar-refractivity contribution < 1.29 is 19.4 Å². The van der Waals surface area contributed by atoms with Crippen LogP contribution < -0.4 is 4.74 Å². The maximum Gasteiger partial charge on any atom is 0.295 e. The Morgan fingerprint density at radius 2 is 1.64 bits per heavy atom. The minimum atomic E-state index is -0.686. The molecule has 0 aromatic heterocycles. The molecule has 1 aliphatic heterocycles. The molecule has 0 radical (unpaired) electrons. The van der Waals surface area contributed by atoms with Gasteiger partial charge in [-0.25, -0.2) is 0 Å². The van der Waals surface area contributed by atoms with Crippen molar-refractivity contribution in [2.24, 2.45) is 0 Å². The zero-order valence-corrected chi connectivity index (χ0v) is 18.6. The number of nitrogens with zero attached hydrogens (tertiary/aromatic N) is 1. The van der Waals surface area contributed by atoms with E-state index in [4.69, 9.17) is 4.74 Å². The first-order chi connectivity index (χ1) is 16.1. The monoisotopic (exact) mass is 441 g/mol. The Hall–Kier alpha value is -3.86. The van der Waals surface area contributed by atoms with E-state index in [1.807, 2.05) is 66.7 Å². The molecule has 1 N–H and O–H groups in total. The molecule has 1 unspecified atom stereocenters. The number of ketones is 1. The fourth-order valence-electron chi connectivity index (χ4n) is 4.03. The lowest BCUT2D eigenvalue weighted by Crippen LogP contribution is -2.29. The zero-order chi connectivity index (χ0) is 23.2. The Balaban J connectivity index is 1.76. The molecule has 3 aromatic carbocycles. The van der Waals surface area contributed by atoms with E-state index >= 15 is 0 Å². The number of aliphatic hydroxyl groups is 1. The number of Topliss-reactive ketones (excluding diaryl/α,β-unsaturated/α-hetero) is 1. The molecule has 1 amide bonds. The fourth-order valence-corrected chi connectivity index (χ4v) is 4.03. The molecule has 3 aromatic rings. The second kappa shape index (κ2) is 10.2. The second-order valence-electron chi connectivity index (χ2n) is 8.05. The first-order valence-corrected chi connectivity index (χ1v) is 11.2. The third-order valence-corrected chi connectivity index (χ3v) is 5.73. The largest absolute Gasteiger partial charge is 0.507 e. The molecule has 1 fully saturated rings. The Kier molecular flexibility index (Phi) is 6.89. The van der Waals surface area contributed by atoms with E-state index in [0.717, 1.165) is 24.0 Å². The summed E-state index contributed by atoms with van der Waals surface area (Å²) in [5, 5.41) is 11.2. The van der Waals surface area contributed by atoms with Crippen molar-refractivity contribution in [3.8, 4) is 5.75 Å². The lowest BCUT2D eigenvalue weighted by Gasteiger charge is -2.25. The summed E-state index contributed by atoms with van der Waals surface area (Å²) in [5.74, 6) is -0.889. The van der Waals surface area contributed by atoms with Crippen LogP contribution in [0.5, 0.6) is 5.75 Å². The van der Waals surface area contributed by atoms with Crippen LogP contribution in [0.1, 0.15) is 42.5 Å². The molecule has 0 saturated carbocycles. The van der Waals surface area contributed by atoms with Crippen molar-refractivity contribution >= 4 is 17.4 Å². The van der Waals surface area contributed by atoms with E-state index in [2.05, 4.69) is 6.92 Å². The number of amides is 1. The molecule has 1 heterocycles. The highest BCUT2D eigenvalue weighted by atomic mass is 16.5. The van der Waals surface area contributed by atoms with Crippen LogP contribution in [0.2, 0.25) is 0 Å². The Morgan fingerprint density at radius 1 is 0.939 bits per heavy atom. The minimum Gasteiger partial charge on any atom is -0.507 e. The molecular weight excluding hydrogens is 414 g/mol. The van der Waals surface area contributed by atoms with Crippen LogP contribution in [0.3, 0.4) is 0 Å². The molecule has 5 heteroatoms. The van der Waals surface area contributed by atoms with E-state index in [9.17, 15) is 14.7 Å². The van der Waals surface area contributed by atoms with Gasteiger partial charge in [0.15, 0.2) is 0 Å². The summed E-state index contributed by atoms with van der Waals surface area (Å²) >= 11 is 0. The molecule has 1 aliphatic rings. The van der Waals surface area contributed by atoms with Crippen LogP contribution in [0.4, 0.5) is 0 Å². The maximum absolute atomic E-state index is 13.2. The SMILES string of the molecule is CCCCOc1cccc(/C(O)=C2\C(=O)C(=O)N(Cc3ccccc3)C2c2ccccc2)c1. The van der Waals surface area contributed by atoms with E-state index in [0.29, 0.717) is 17.9 Å². The quantitative estimate of drug-likeness (QED) is 0.217. The summed E-state index contributed by atoms with van der Waals surface area (Å²) in [7, 11) is 0. The molecule has 4 rings (SSSR count). The predicted octanol–water partition coefficient (Wildman–Crippen LogP) is 5.49. The van der Waals surface area contributed by atoms with Crippen LogP contribution in [0.15, 0.2) is 90.5 Å². The lowest BCUT2D eigenvalue weighted by molar-refractivity contribution is -0.140. The van der Waals surface area contributed by atoms with Crippen molar-refractivity contribution in [2.45, 2.75) is 32.4 Å². The number of aliphatic hydroxyl groups excluding tert-OH is 1. The smallest absolute Gasteiger partial charge is 0.295 e. The first-order valence-electron chi connectivity index (χ1n) is 11.2. The number of carbonyl (C=O) groups is 2. The molecule has 0 aliphatic carbocycles. The molecule has 33 heavy (non-hydrogen) atoms. The standard InChI is InChI=1S/C28H27NO4/c1-2-3-17-33-23-16-10-15-22(18-23)26(30)24-25(21-13-8-5-9-14-21)29(28(32)27(24)31)19-20-11-6-4-7-12-20/h4-16,18,25,30H,2-3,17,19H2,1H3/b26-24+. The maximum atomic E-state index is 13.2. The van der Waals surface area contributed by atoms with Crippen molar-refractivity contribution in [2.75, 3.05) is 6.61 Å². The van der Waals surface area contributed by atoms with Gasteiger partial charge in [-0.1, -0.05) is 86.1 Å². The van der Waals surface area contributed by atoms with Gasteiger partial charge in [0, 0.05) is 12.1 Å². The van der Waals surface area contributed by atoms with E-state index in [1.54, 1.807) is 18.2 Å². The number of likely N-dealkylation sites (tertiary alicyclic amines) is 1. The predicted molar refractivity (Wildman–Crippen MR) is 128 cm³/mol. The van der Waals surface area contributed by atoms with E-state index < -0.39 is 17.7 Å². The van der Waals surface area contributed by atoms with Gasteiger partial charge in [0.05, 0.1) is 18.2 Å². The Bertz CT molecular complexity index is 1150. The summed E-state index contributed by atoms with van der Waals surface area (Å²) in [6.07, 6.45) is 1.94. The van der Waals surface area contributed by atoms with Crippen LogP contribution in [0, 0.1) is 0 Å². The Morgan fingerprint density at radius 3 is 2.33 bits per heavy atom. The van der Waals surface area contributed by atoms with E-state index in [1.165, 1.54) is 4.90 Å². The van der Waals surface area contributed by atoms with Crippen molar-refractivity contribution in [3.63, 3.8) is 0 Å². The number of ether oxygens (including phenoxy) is 1. The van der Waals surface area contributed by atoms with Gasteiger partial charge in [-0.3, -0.25) is 9.59 Å². The average Bonchev–Trinajstić information content (AvgIpc) is 3.10. The highest BCUT2D eigenvalue weighted by Crippen LogP contribution is 2.40. The summed E-state index contributed by atoms with van der Waals surface area (Å²) < 4.78 is 5.76. The number of hydrogen-bond donors (Lipinski definition) is 1. The highest BCUT2D eigenvalue weighted by molar-refractivity contribution is 6.46. The molecule has 5 nitrogen and oxygen atoms in total. The van der Waals surface area contributed by atoms with Gasteiger partial charge in [0.1, 0.15) is 11.5 Å².